The van der Waals surface area contributed by atoms with Crippen LogP contribution in [-0.2, 0) is 14.6 Å². The van der Waals surface area contributed by atoms with E-state index in [1.165, 1.54) is 0 Å². The first-order valence-electron chi connectivity index (χ1n) is 4.99. The smallest absolute Gasteiger partial charge is 0.298 e. The van der Waals surface area contributed by atoms with Crippen LogP contribution in [-0.4, -0.2) is 63.0 Å². The molecule has 85 valence electrons. The van der Waals surface area contributed by atoms with Crippen molar-refractivity contribution in [3.8, 4) is 0 Å². The summed E-state index contributed by atoms with van der Waals surface area (Å²) in [7, 11) is 0. The molecular weight excluding hydrogens is 219 g/mol. The predicted molar refractivity (Wildman–Crippen MR) is 61.4 cm³/mol. The van der Waals surface area contributed by atoms with E-state index < -0.39 is 5.60 Å². The van der Waals surface area contributed by atoms with E-state index in [0.717, 1.165) is 6.42 Å². The van der Waals surface area contributed by atoms with Gasteiger partial charge < -0.3 is 0 Å². The summed E-state index contributed by atoms with van der Waals surface area (Å²) in [6.45, 7) is 11.8. The number of carbonyl (C=O) groups is 1. The molecule has 0 aliphatic heterocycles. The zero-order valence-electron chi connectivity index (χ0n) is 11.1. The molecule has 0 N–H and O–H groups in total. The van der Waals surface area contributed by atoms with Crippen LogP contribution in [0.25, 0.3) is 0 Å². The van der Waals surface area contributed by atoms with Gasteiger partial charge in [-0.05, 0) is 32.6 Å². The molecule has 0 saturated carbocycles. The predicted octanol–water partition coefficient (Wildman–Crippen LogP) is 2.71. The van der Waals surface area contributed by atoms with Gasteiger partial charge in [0.15, 0.2) is 0 Å². The number of hydrogen-bond donors (Lipinski definition) is 0. The molecule has 0 bridgehead atoms. The summed E-state index contributed by atoms with van der Waals surface area (Å²) in [6, 6.07) is 0. The van der Waals surface area contributed by atoms with Gasteiger partial charge in [-0.3, -0.25) is 4.89 Å². The summed E-state index contributed by atoms with van der Waals surface area (Å²) in [4.78, 5) is 20.8. The standard InChI is InChI=1S/C11H22O3.K/c1-10(2,3)8-7-9(12)13-14-11(4,5)6;/h7-8H2,1-6H3;. The van der Waals surface area contributed by atoms with E-state index in [1.807, 2.05) is 20.8 Å². The average molecular weight is 241 g/mol. The maximum Gasteiger partial charge on any atom is 0.342 e. The largest absolute Gasteiger partial charge is 0.342 e. The van der Waals surface area contributed by atoms with Gasteiger partial charge in [0.1, 0.15) is 5.60 Å². The molecule has 0 aromatic rings. The Morgan fingerprint density at radius 1 is 1.07 bits per heavy atom. The summed E-state index contributed by atoms with van der Waals surface area (Å²) in [6.07, 6.45) is 1.21. The second-order valence-corrected chi connectivity index (χ2v) is 5.71. The molecule has 0 aliphatic rings. The van der Waals surface area contributed by atoms with Gasteiger partial charge in [-0.1, -0.05) is 20.8 Å². The molecule has 4 heteroatoms. The van der Waals surface area contributed by atoms with E-state index >= 15 is 0 Å². The molecule has 3 nitrogen and oxygen atoms in total. The van der Waals surface area contributed by atoms with E-state index in [9.17, 15) is 4.79 Å². The molecule has 15 heavy (non-hydrogen) atoms. The van der Waals surface area contributed by atoms with Crippen LogP contribution in [0, 0.1) is 5.41 Å². The summed E-state index contributed by atoms with van der Waals surface area (Å²) in [5.41, 5.74) is -0.280. The van der Waals surface area contributed by atoms with Gasteiger partial charge in [0.05, 0.1) is 0 Å². The van der Waals surface area contributed by atoms with Gasteiger partial charge >= 0.3 is 5.97 Å². The van der Waals surface area contributed by atoms with Crippen molar-refractivity contribution in [2.75, 3.05) is 0 Å². The Hall–Kier alpha value is 1.07. The van der Waals surface area contributed by atoms with Gasteiger partial charge in [-0.2, -0.15) is 4.89 Å². The van der Waals surface area contributed by atoms with Crippen LogP contribution in [0.2, 0.25) is 0 Å². The molecule has 0 rings (SSSR count). The van der Waals surface area contributed by atoms with Gasteiger partial charge in [0, 0.05) is 57.8 Å². The van der Waals surface area contributed by atoms with Crippen LogP contribution in [0.1, 0.15) is 54.4 Å². The Bertz CT molecular complexity index is 169. The topological polar surface area (TPSA) is 35.5 Å². The fourth-order valence-corrected chi connectivity index (χ4v) is 0.690. The van der Waals surface area contributed by atoms with Crippen molar-refractivity contribution in [3.63, 3.8) is 0 Å². The molecule has 0 saturated heterocycles. The normalized spacial score (nSPS) is 11.9. The summed E-state index contributed by atoms with van der Waals surface area (Å²) in [5, 5.41) is 0. The van der Waals surface area contributed by atoms with E-state index in [0.29, 0.717) is 6.42 Å². The van der Waals surface area contributed by atoms with Crippen LogP contribution in [0.3, 0.4) is 0 Å². The van der Waals surface area contributed by atoms with E-state index in [4.69, 9.17) is 4.89 Å². The monoisotopic (exact) mass is 241 g/mol. The minimum atomic E-state index is -0.433. The first-order chi connectivity index (χ1) is 6.10. The molecule has 0 aliphatic carbocycles. The zero-order chi connectivity index (χ0) is 11.4. The number of carbonyl (C=O) groups excluding carboxylic acids is 1. The summed E-state index contributed by atoms with van der Waals surface area (Å²) >= 11 is 0. The maximum atomic E-state index is 11.2. The molecule has 0 aromatic heterocycles. The van der Waals surface area contributed by atoms with Crippen LogP contribution in [0.4, 0.5) is 0 Å². The van der Waals surface area contributed by atoms with Crippen molar-refractivity contribution in [2.45, 2.75) is 60.0 Å². The van der Waals surface area contributed by atoms with Crippen molar-refractivity contribution < 1.29 is 14.6 Å². The van der Waals surface area contributed by atoms with Crippen molar-refractivity contribution in [3.05, 3.63) is 0 Å². The van der Waals surface area contributed by atoms with Crippen LogP contribution < -0.4 is 0 Å². The minimum absolute atomic E-state index is 0. The molecule has 0 heterocycles. The van der Waals surface area contributed by atoms with Crippen molar-refractivity contribution >= 4 is 57.4 Å². The third-order valence-electron chi connectivity index (χ3n) is 1.46. The Kier molecular flexibility index (Phi) is 9.10. The van der Waals surface area contributed by atoms with Crippen LogP contribution in [0.15, 0.2) is 0 Å². The SMILES string of the molecule is CC(C)(C)CCC(=O)OOC(C)(C)C.[K]. The molecule has 0 amide bonds. The first-order valence-corrected chi connectivity index (χ1v) is 4.99. The Morgan fingerprint density at radius 2 is 1.53 bits per heavy atom. The molecule has 0 atom stereocenters. The molecule has 0 unspecified atom stereocenters. The van der Waals surface area contributed by atoms with E-state index in [2.05, 4.69) is 25.7 Å². The van der Waals surface area contributed by atoms with E-state index in [1.54, 1.807) is 0 Å². The number of hydrogen-bond acceptors (Lipinski definition) is 3. The quantitative estimate of drug-likeness (QED) is 0.433. The van der Waals surface area contributed by atoms with Gasteiger partial charge in [-0.25, -0.2) is 4.79 Å². The fourth-order valence-electron chi connectivity index (χ4n) is 0.690. The summed E-state index contributed by atoms with van der Waals surface area (Å²) < 4.78 is 0. The molecule has 0 spiro atoms. The van der Waals surface area contributed by atoms with Gasteiger partial charge in [0.2, 0.25) is 0 Å². The third-order valence-corrected chi connectivity index (χ3v) is 1.46. The van der Waals surface area contributed by atoms with Crippen molar-refractivity contribution in [2.24, 2.45) is 5.41 Å². The minimum Gasteiger partial charge on any atom is -0.298 e. The van der Waals surface area contributed by atoms with Gasteiger partial charge in [-0.15, -0.1) is 0 Å². The van der Waals surface area contributed by atoms with E-state index in [-0.39, 0.29) is 62.8 Å². The fraction of sp³-hybridized carbons (Fsp3) is 0.909. The maximum absolute atomic E-state index is 11.2. The van der Waals surface area contributed by atoms with Gasteiger partial charge in [0.25, 0.3) is 0 Å². The molecule has 0 aromatic carbocycles. The Labute approximate surface area is 136 Å². The average Bonchev–Trinajstić information content (AvgIpc) is 1.94. The molecular formula is C11H22KO3. The first kappa shape index (κ1) is 18.4. The van der Waals surface area contributed by atoms with Crippen molar-refractivity contribution in [1.29, 1.82) is 0 Å². The Balaban J connectivity index is 0. The summed E-state index contributed by atoms with van der Waals surface area (Å²) in [5.74, 6) is -0.296. The van der Waals surface area contributed by atoms with Crippen LogP contribution >= 0.6 is 0 Å². The van der Waals surface area contributed by atoms with Crippen molar-refractivity contribution in [1.82, 2.24) is 0 Å². The third kappa shape index (κ3) is 15.1. The molecule has 0 fully saturated rings. The second kappa shape index (κ2) is 7.40. The Morgan fingerprint density at radius 3 is 1.87 bits per heavy atom. The second-order valence-electron chi connectivity index (χ2n) is 5.71. The number of rotatable bonds is 3. The zero-order valence-corrected chi connectivity index (χ0v) is 14.3. The van der Waals surface area contributed by atoms with Crippen LogP contribution in [0.5, 0.6) is 0 Å². The molecule has 1 radical (unpaired) electrons.